The molecule has 0 saturated heterocycles. The number of anilines is 1. The van der Waals surface area contributed by atoms with E-state index >= 15 is 0 Å². The van der Waals surface area contributed by atoms with Crippen molar-refractivity contribution in [3.05, 3.63) is 36.4 Å². The Bertz CT molecular complexity index is 461. The van der Waals surface area contributed by atoms with Crippen molar-refractivity contribution < 1.29 is 9.53 Å². The van der Waals surface area contributed by atoms with E-state index in [1.807, 2.05) is 6.07 Å². The van der Waals surface area contributed by atoms with Crippen molar-refractivity contribution in [2.75, 3.05) is 11.9 Å². The first kappa shape index (κ1) is 12.8. The number of rotatable bonds is 5. The van der Waals surface area contributed by atoms with Crippen molar-refractivity contribution >= 4 is 11.6 Å². The van der Waals surface area contributed by atoms with Crippen LogP contribution in [-0.2, 0) is 4.79 Å². The molecule has 0 aliphatic carbocycles. The largest absolute Gasteiger partial charge is 0.490 e. The molecule has 0 heterocycles. The molecule has 1 N–H and O–H groups in total. The Kier molecular flexibility index (Phi) is 4.77. The third kappa shape index (κ3) is 3.99. The van der Waals surface area contributed by atoms with Gasteiger partial charge in [-0.2, -0.15) is 5.26 Å². The zero-order valence-electron chi connectivity index (χ0n) is 9.69. The maximum Gasteiger partial charge on any atom is 0.250 e. The molecule has 17 heavy (non-hydrogen) atoms. The highest BCUT2D eigenvalue weighted by Gasteiger charge is 2.07. The highest BCUT2D eigenvalue weighted by molar-refractivity contribution is 6.03. The fraction of sp³-hybridized carbons (Fsp3) is 0.231. The van der Waals surface area contributed by atoms with E-state index in [1.54, 1.807) is 31.2 Å². The van der Waals surface area contributed by atoms with Crippen LogP contribution in [0.5, 0.6) is 5.75 Å². The number of carbonyl (C=O) groups is 1. The molecule has 0 atom stereocenters. The Morgan fingerprint density at radius 2 is 2.24 bits per heavy atom. The van der Waals surface area contributed by atoms with E-state index in [-0.39, 0.29) is 5.91 Å². The van der Waals surface area contributed by atoms with Gasteiger partial charge in [0, 0.05) is 5.57 Å². The van der Waals surface area contributed by atoms with Crippen molar-refractivity contribution in [3.8, 4) is 11.8 Å². The van der Waals surface area contributed by atoms with Crippen LogP contribution in [0, 0.1) is 11.3 Å². The second-order valence-corrected chi connectivity index (χ2v) is 3.49. The highest BCUT2D eigenvalue weighted by Crippen LogP contribution is 2.24. The number of benzene rings is 1. The van der Waals surface area contributed by atoms with E-state index in [0.717, 1.165) is 0 Å². The van der Waals surface area contributed by atoms with E-state index in [1.165, 1.54) is 0 Å². The van der Waals surface area contributed by atoms with Crippen LogP contribution >= 0.6 is 0 Å². The van der Waals surface area contributed by atoms with E-state index in [2.05, 4.69) is 11.9 Å². The summed E-state index contributed by atoms with van der Waals surface area (Å²) in [5.41, 5.74) is 1.01. The van der Waals surface area contributed by atoms with Crippen LogP contribution < -0.4 is 10.1 Å². The Morgan fingerprint density at radius 3 is 2.88 bits per heavy atom. The number of nitrogens with one attached hydrogen (secondary N) is 1. The predicted octanol–water partition coefficient (Wildman–Crippen LogP) is 2.49. The van der Waals surface area contributed by atoms with Crippen molar-refractivity contribution in [1.82, 2.24) is 0 Å². The summed E-state index contributed by atoms with van der Waals surface area (Å²) in [6.45, 7) is 5.50. The molecule has 4 nitrogen and oxygen atoms in total. The number of para-hydroxylation sites is 2. The standard InChI is InChI=1S/C13H14N2O2/c1-10(2)13(16)15-11-6-3-4-7-12(11)17-9-5-8-14/h3-4,6-7H,1,5,9H2,2H3,(H,15,16). The molecule has 0 spiro atoms. The number of hydrogen-bond acceptors (Lipinski definition) is 3. The lowest BCUT2D eigenvalue weighted by Gasteiger charge is -2.11. The Balaban J connectivity index is 2.74. The number of amides is 1. The first-order valence-electron chi connectivity index (χ1n) is 5.20. The molecule has 0 aliphatic heterocycles. The second-order valence-electron chi connectivity index (χ2n) is 3.49. The van der Waals surface area contributed by atoms with Gasteiger partial charge in [0.15, 0.2) is 0 Å². The molecular weight excluding hydrogens is 216 g/mol. The number of hydrogen-bond donors (Lipinski definition) is 1. The minimum absolute atomic E-state index is 0.249. The van der Waals surface area contributed by atoms with Gasteiger partial charge in [0.2, 0.25) is 0 Å². The first-order valence-corrected chi connectivity index (χ1v) is 5.20. The third-order valence-corrected chi connectivity index (χ3v) is 1.99. The van der Waals surface area contributed by atoms with Gasteiger partial charge in [0.25, 0.3) is 5.91 Å². The van der Waals surface area contributed by atoms with Crippen LogP contribution in [0.1, 0.15) is 13.3 Å². The van der Waals surface area contributed by atoms with Crippen molar-refractivity contribution in [3.63, 3.8) is 0 Å². The van der Waals surface area contributed by atoms with Crippen LogP contribution in [0.3, 0.4) is 0 Å². The summed E-state index contributed by atoms with van der Waals surface area (Å²) in [7, 11) is 0. The first-order chi connectivity index (χ1) is 8.15. The summed E-state index contributed by atoms with van der Waals surface area (Å²) < 4.78 is 5.39. The Labute approximate surface area is 101 Å². The number of carbonyl (C=O) groups excluding carboxylic acids is 1. The lowest BCUT2D eigenvalue weighted by molar-refractivity contribution is -0.112. The van der Waals surface area contributed by atoms with Gasteiger partial charge >= 0.3 is 0 Å². The third-order valence-electron chi connectivity index (χ3n) is 1.99. The topological polar surface area (TPSA) is 62.1 Å². The summed E-state index contributed by atoms with van der Waals surface area (Å²) in [5, 5.41) is 11.1. The van der Waals surface area contributed by atoms with Gasteiger partial charge in [0.1, 0.15) is 12.4 Å². The van der Waals surface area contributed by atoms with Gasteiger partial charge in [0.05, 0.1) is 18.2 Å². The van der Waals surface area contributed by atoms with Gasteiger partial charge in [-0.05, 0) is 19.1 Å². The van der Waals surface area contributed by atoms with Crippen LogP contribution in [-0.4, -0.2) is 12.5 Å². The monoisotopic (exact) mass is 230 g/mol. The lowest BCUT2D eigenvalue weighted by Crippen LogP contribution is -2.13. The fourth-order valence-corrected chi connectivity index (χ4v) is 1.13. The maximum absolute atomic E-state index is 11.5. The smallest absolute Gasteiger partial charge is 0.250 e. The lowest BCUT2D eigenvalue weighted by atomic mass is 10.2. The van der Waals surface area contributed by atoms with E-state index in [4.69, 9.17) is 10.00 Å². The number of nitrogens with zero attached hydrogens (tertiary/aromatic N) is 1. The molecule has 0 aliphatic rings. The summed E-state index contributed by atoms with van der Waals surface area (Å²) in [5.74, 6) is 0.304. The number of nitriles is 1. The van der Waals surface area contributed by atoms with E-state index < -0.39 is 0 Å². The molecule has 0 saturated carbocycles. The molecule has 1 rings (SSSR count). The SMILES string of the molecule is C=C(C)C(=O)Nc1ccccc1OCCC#N. The molecular formula is C13H14N2O2. The van der Waals surface area contributed by atoms with E-state index in [9.17, 15) is 4.79 Å². The minimum atomic E-state index is -0.249. The summed E-state index contributed by atoms with van der Waals surface area (Å²) >= 11 is 0. The summed E-state index contributed by atoms with van der Waals surface area (Å²) in [6, 6.07) is 9.07. The van der Waals surface area contributed by atoms with Crippen LogP contribution in [0.15, 0.2) is 36.4 Å². The quantitative estimate of drug-likeness (QED) is 0.624. The van der Waals surface area contributed by atoms with Crippen LogP contribution in [0.2, 0.25) is 0 Å². The van der Waals surface area contributed by atoms with Gasteiger partial charge in [-0.15, -0.1) is 0 Å². The van der Waals surface area contributed by atoms with Gasteiger partial charge in [-0.25, -0.2) is 0 Å². The van der Waals surface area contributed by atoms with Crippen molar-refractivity contribution in [1.29, 1.82) is 5.26 Å². The maximum atomic E-state index is 11.5. The molecule has 0 fully saturated rings. The fourth-order valence-electron chi connectivity index (χ4n) is 1.13. The predicted molar refractivity (Wildman–Crippen MR) is 65.6 cm³/mol. The Morgan fingerprint density at radius 1 is 1.53 bits per heavy atom. The van der Waals surface area contributed by atoms with Crippen LogP contribution in [0.25, 0.3) is 0 Å². The molecule has 88 valence electrons. The second kappa shape index (κ2) is 6.33. The van der Waals surface area contributed by atoms with Gasteiger partial charge < -0.3 is 10.1 Å². The molecule has 1 amide bonds. The molecule has 0 bridgehead atoms. The zero-order chi connectivity index (χ0) is 12.7. The minimum Gasteiger partial charge on any atom is -0.490 e. The molecule has 0 aromatic heterocycles. The van der Waals surface area contributed by atoms with Gasteiger partial charge in [-0.3, -0.25) is 4.79 Å². The summed E-state index contributed by atoms with van der Waals surface area (Å²) in [4.78, 5) is 11.5. The summed E-state index contributed by atoms with van der Waals surface area (Å²) in [6.07, 6.45) is 0.308. The zero-order valence-corrected chi connectivity index (χ0v) is 9.69. The Hall–Kier alpha value is -2.28. The molecule has 1 aromatic rings. The van der Waals surface area contributed by atoms with E-state index in [0.29, 0.717) is 30.0 Å². The molecule has 0 radical (unpaired) electrons. The van der Waals surface area contributed by atoms with Gasteiger partial charge in [-0.1, -0.05) is 18.7 Å². The average Bonchev–Trinajstić information content (AvgIpc) is 2.31. The average molecular weight is 230 g/mol. The molecule has 4 heteroatoms. The normalized spacial score (nSPS) is 9.18. The van der Waals surface area contributed by atoms with Crippen LogP contribution in [0.4, 0.5) is 5.69 Å². The van der Waals surface area contributed by atoms with Crippen molar-refractivity contribution in [2.24, 2.45) is 0 Å². The molecule has 0 unspecified atom stereocenters. The number of ether oxygens (including phenoxy) is 1. The van der Waals surface area contributed by atoms with Crippen molar-refractivity contribution in [2.45, 2.75) is 13.3 Å². The molecule has 1 aromatic carbocycles. The highest BCUT2D eigenvalue weighted by atomic mass is 16.5.